The highest BCUT2D eigenvalue weighted by Crippen LogP contribution is 2.30. The third-order valence-electron chi connectivity index (χ3n) is 5.33. The van der Waals surface area contributed by atoms with Gasteiger partial charge in [-0.1, -0.05) is 35.9 Å². The number of hydrogen-bond acceptors (Lipinski definition) is 4. The monoisotopic (exact) mass is 400 g/mol. The minimum absolute atomic E-state index is 0.0624. The molecule has 148 valence electrons. The lowest BCUT2D eigenvalue weighted by molar-refractivity contribution is -0.127. The minimum atomic E-state index is -0.151. The Labute approximate surface area is 170 Å². The first-order valence-electron chi connectivity index (χ1n) is 9.80. The van der Waals surface area contributed by atoms with Crippen LogP contribution in [-0.2, 0) is 11.3 Å². The molecule has 6 heteroatoms. The topological polar surface area (TPSA) is 50.8 Å². The zero-order chi connectivity index (χ0) is 19.3. The van der Waals surface area contributed by atoms with Gasteiger partial charge >= 0.3 is 0 Å². The van der Waals surface area contributed by atoms with Gasteiger partial charge in [0.05, 0.1) is 6.54 Å². The highest BCUT2D eigenvalue weighted by Gasteiger charge is 2.27. The summed E-state index contributed by atoms with van der Waals surface area (Å²) in [6.45, 7) is 3.63. The zero-order valence-corrected chi connectivity index (χ0v) is 16.5. The van der Waals surface area contributed by atoms with E-state index >= 15 is 0 Å². The van der Waals surface area contributed by atoms with Crippen LogP contribution >= 0.6 is 11.6 Å². The average Bonchev–Trinajstić information content (AvgIpc) is 2.72. The zero-order valence-electron chi connectivity index (χ0n) is 15.8. The van der Waals surface area contributed by atoms with E-state index in [0.717, 1.165) is 49.0 Å². The van der Waals surface area contributed by atoms with Crippen LogP contribution in [0.4, 0.5) is 0 Å². The molecule has 0 aromatic heterocycles. The molecule has 0 radical (unpaired) electrons. The maximum Gasteiger partial charge on any atom is 0.223 e. The molecule has 1 amide bonds. The Morgan fingerprint density at radius 3 is 2.68 bits per heavy atom. The fraction of sp³-hybridized carbons (Fsp3) is 0.409. The van der Waals surface area contributed by atoms with Crippen molar-refractivity contribution in [1.82, 2.24) is 10.2 Å². The Balaban J connectivity index is 1.20. The van der Waals surface area contributed by atoms with E-state index in [9.17, 15) is 4.79 Å². The Hall–Kier alpha value is -2.24. The summed E-state index contributed by atoms with van der Waals surface area (Å²) >= 11 is 6.06. The summed E-state index contributed by atoms with van der Waals surface area (Å²) in [6.07, 6.45) is 1.59. The molecular formula is C22H25ClN2O3. The van der Waals surface area contributed by atoms with Crippen molar-refractivity contribution in [3.8, 4) is 11.5 Å². The van der Waals surface area contributed by atoms with E-state index in [2.05, 4.69) is 16.3 Å². The third-order valence-corrected chi connectivity index (χ3v) is 5.56. The molecule has 2 aromatic carbocycles. The van der Waals surface area contributed by atoms with Gasteiger partial charge in [-0.3, -0.25) is 9.69 Å². The second-order valence-electron chi connectivity index (χ2n) is 7.42. The third kappa shape index (κ3) is 4.78. The molecule has 0 saturated carbocycles. The SMILES string of the molecule is O=C(NC[C@H]1COc2ccccc2O1)C1CCN(Cc2cccc(Cl)c2)CC1. The summed E-state index contributed by atoms with van der Waals surface area (Å²) in [6, 6.07) is 15.6. The Bertz CT molecular complexity index is 821. The number of nitrogens with zero attached hydrogens (tertiary/aromatic N) is 1. The van der Waals surface area contributed by atoms with Gasteiger partial charge in [-0.2, -0.15) is 0 Å². The van der Waals surface area contributed by atoms with Crippen molar-refractivity contribution >= 4 is 17.5 Å². The fourth-order valence-corrected chi connectivity index (χ4v) is 3.98. The van der Waals surface area contributed by atoms with Crippen LogP contribution in [0, 0.1) is 5.92 Å². The number of rotatable bonds is 5. The van der Waals surface area contributed by atoms with Crippen LogP contribution in [0.25, 0.3) is 0 Å². The van der Waals surface area contributed by atoms with E-state index in [-0.39, 0.29) is 17.9 Å². The van der Waals surface area contributed by atoms with Crippen molar-refractivity contribution in [1.29, 1.82) is 0 Å². The van der Waals surface area contributed by atoms with Gasteiger partial charge in [-0.25, -0.2) is 0 Å². The number of halogens is 1. The van der Waals surface area contributed by atoms with Crippen molar-refractivity contribution < 1.29 is 14.3 Å². The summed E-state index contributed by atoms with van der Waals surface area (Å²) in [7, 11) is 0. The molecule has 5 nitrogen and oxygen atoms in total. The first kappa shape index (κ1) is 19.1. The van der Waals surface area contributed by atoms with Gasteiger partial charge in [0.15, 0.2) is 11.5 Å². The molecule has 1 saturated heterocycles. The molecule has 1 atom stereocenters. The van der Waals surface area contributed by atoms with Gasteiger partial charge in [-0.05, 0) is 55.8 Å². The smallest absolute Gasteiger partial charge is 0.223 e. The van der Waals surface area contributed by atoms with E-state index in [1.807, 2.05) is 42.5 Å². The van der Waals surface area contributed by atoms with Gasteiger partial charge in [-0.15, -0.1) is 0 Å². The second-order valence-corrected chi connectivity index (χ2v) is 7.86. The molecule has 28 heavy (non-hydrogen) atoms. The van der Waals surface area contributed by atoms with E-state index < -0.39 is 0 Å². The molecule has 2 aromatic rings. The maximum atomic E-state index is 12.6. The number of fused-ring (bicyclic) bond motifs is 1. The number of nitrogens with one attached hydrogen (secondary N) is 1. The number of likely N-dealkylation sites (tertiary alicyclic amines) is 1. The number of piperidine rings is 1. The maximum absolute atomic E-state index is 12.6. The molecular weight excluding hydrogens is 376 g/mol. The number of benzene rings is 2. The van der Waals surface area contributed by atoms with Crippen molar-refractivity contribution in [3.63, 3.8) is 0 Å². The lowest BCUT2D eigenvalue weighted by Crippen LogP contribution is -2.45. The normalized spacial score (nSPS) is 20.0. The molecule has 4 rings (SSSR count). The predicted octanol–water partition coefficient (Wildman–Crippen LogP) is 3.51. The van der Waals surface area contributed by atoms with Crippen molar-refractivity contribution in [2.45, 2.75) is 25.5 Å². The summed E-state index contributed by atoms with van der Waals surface area (Å²) < 4.78 is 11.6. The van der Waals surface area contributed by atoms with Crippen LogP contribution in [0.15, 0.2) is 48.5 Å². The summed E-state index contributed by atoms with van der Waals surface area (Å²) in [5, 5.41) is 3.81. The van der Waals surface area contributed by atoms with Gasteiger partial charge in [0.2, 0.25) is 5.91 Å². The average molecular weight is 401 g/mol. The van der Waals surface area contributed by atoms with Crippen LogP contribution in [0.2, 0.25) is 5.02 Å². The first-order valence-corrected chi connectivity index (χ1v) is 10.2. The molecule has 0 spiro atoms. The number of carbonyl (C=O) groups excluding carboxylic acids is 1. The number of ether oxygens (including phenoxy) is 2. The molecule has 1 N–H and O–H groups in total. The Morgan fingerprint density at radius 2 is 1.89 bits per heavy atom. The van der Waals surface area contributed by atoms with Gasteiger partial charge in [0.25, 0.3) is 0 Å². The second kappa shape index (κ2) is 8.84. The molecule has 2 aliphatic rings. The first-order chi connectivity index (χ1) is 13.7. The van der Waals surface area contributed by atoms with E-state index in [4.69, 9.17) is 21.1 Å². The number of hydrogen-bond donors (Lipinski definition) is 1. The number of carbonyl (C=O) groups is 1. The summed E-state index contributed by atoms with van der Waals surface area (Å²) in [4.78, 5) is 14.9. The summed E-state index contributed by atoms with van der Waals surface area (Å²) in [5.41, 5.74) is 1.21. The molecule has 2 aliphatic heterocycles. The molecule has 0 bridgehead atoms. The van der Waals surface area contributed by atoms with Gasteiger partial charge < -0.3 is 14.8 Å². The standard InChI is InChI=1S/C22H25ClN2O3/c23-18-5-3-4-16(12-18)14-25-10-8-17(9-11-25)22(26)24-13-19-15-27-20-6-1-2-7-21(20)28-19/h1-7,12,17,19H,8-11,13-15H2,(H,24,26)/t19-/m0/s1. The largest absolute Gasteiger partial charge is 0.486 e. The highest BCUT2D eigenvalue weighted by atomic mass is 35.5. The van der Waals surface area contributed by atoms with Crippen LogP contribution < -0.4 is 14.8 Å². The van der Waals surface area contributed by atoms with E-state index in [1.165, 1.54) is 5.56 Å². The Morgan fingerprint density at radius 1 is 1.11 bits per heavy atom. The van der Waals surface area contributed by atoms with Crippen molar-refractivity contribution in [2.75, 3.05) is 26.2 Å². The molecule has 1 fully saturated rings. The molecule has 0 unspecified atom stereocenters. The van der Waals surface area contributed by atoms with E-state index in [1.54, 1.807) is 0 Å². The summed E-state index contributed by atoms with van der Waals surface area (Å²) in [5.74, 6) is 1.68. The van der Waals surface area contributed by atoms with Crippen LogP contribution in [-0.4, -0.2) is 43.2 Å². The lowest BCUT2D eigenvalue weighted by Gasteiger charge is -2.32. The lowest BCUT2D eigenvalue weighted by atomic mass is 9.95. The van der Waals surface area contributed by atoms with Gasteiger partial charge in [0, 0.05) is 17.5 Å². The van der Waals surface area contributed by atoms with Crippen LogP contribution in [0.5, 0.6) is 11.5 Å². The van der Waals surface area contributed by atoms with E-state index in [0.29, 0.717) is 13.2 Å². The fourth-order valence-electron chi connectivity index (χ4n) is 3.77. The number of para-hydroxylation sites is 2. The highest BCUT2D eigenvalue weighted by molar-refractivity contribution is 6.30. The van der Waals surface area contributed by atoms with Crippen molar-refractivity contribution in [2.24, 2.45) is 5.92 Å². The quantitative estimate of drug-likeness (QED) is 0.834. The molecule has 2 heterocycles. The van der Waals surface area contributed by atoms with Gasteiger partial charge in [0.1, 0.15) is 12.7 Å². The van der Waals surface area contributed by atoms with Crippen LogP contribution in [0.1, 0.15) is 18.4 Å². The minimum Gasteiger partial charge on any atom is -0.486 e. The van der Waals surface area contributed by atoms with Crippen molar-refractivity contribution in [3.05, 3.63) is 59.1 Å². The predicted molar refractivity (Wildman–Crippen MR) is 109 cm³/mol. The number of amides is 1. The molecule has 0 aliphatic carbocycles. The van der Waals surface area contributed by atoms with Crippen LogP contribution in [0.3, 0.4) is 0 Å². The Kier molecular flexibility index (Phi) is 6.03.